The summed E-state index contributed by atoms with van der Waals surface area (Å²) >= 11 is 0. The number of aryl methyl sites for hydroxylation is 1. The van der Waals surface area contributed by atoms with Crippen LogP contribution in [-0.4, -0.2) is 20.1 Å². The molecule has 0 spiro atoms. The molecule has 134 valence electrons. The summed E-state index contributed by atoms with van der Waals surface area (Å²) in [4.78, 5) is 11.5. The fourth-order valence-electron chi connectivity index (χ4n) is 2.72. The molecule has 0 atom stereocenters. The van der Waals surface area contributed by atoms with Crippen molar-refractivity contribution < 1.29 is 19.0 Å². The molecular weight excluding hydrogens is 318 g/mol. The highest BCUT2D eigenvalue weighted by Gasteiger charge is 2.15. The van der Waals surface area contributed by atoms with Crippen LogP contribution in [0, 0.1) is 6.92 Å². The molecule has 2 rings (SSSR count). The monoisotopic (exact) mass is 343 g/mol. The quantitative estimate of drug-likeness (QED) is 0.811. The highest BCUT2D eigenvalue weighted by atomic mass is 16.5. The molecule has 2 aromatic rings. The number of hydrogen-bond donors (Lipinski definition) is 1. The number of amides is 1. The van der Waals surface area contributed by atoms with Crippen molar-refractivity contribution in [3.8, 4) is 23.0 Å². The number of anilines is 1. The van der Waals surface area contributed by atoms with E-state index in [2.05, 4.69) is 32.2 Å². The summed E-state index contributed by atoms with van der Waals surface area (Å²) in [5.41, 5.74) is 2.96. The van der Waals surface area contributed by atoms with E-state index in [1.165, 1.54) is 12.5 Å². The Morgan fingerprint density at radius 3 is 2.16 bits per heavy atom. The van der Waals surface area contributed by atoms with Crippen LogP contribution >= 0.6 is 0 Å². The molecule has 1 N–H and O–H groups in total. The van der Waals surface area contributed by atoms with Gasteiger partial charge >= 0.3 is 0 Å². The summed E-state index contributed by atoms with van der Waals surface area (Å²) < 4.78 is 16.6. The molecule has 5 heteroatoms. The van der Waals surface area contributed by atoms with Crippen molar-refractivity contribution in [3.63, 3.8) is 0 Å². The lowest BCUT2D eigenvalue weighted by atomic mass is 9.98. The second-order valence-corrected chi connectivity index (χ2v) is 6.16. The van der Waals surface area contributed by atoms with Gasteiger partial charge in [0.25, 0.3) is 0 Å². The van der Waals surface area contributed by atoms with Crippen LogP contribution < -0.4 is 19.5 Å². The SMILES string of the molecule is COc1cc(NC(C)=O)c(Oc2ccc(C(C)C)c(C)c2)cc1OC. The second kappa shape index (κ2) is 7.92. The molecule has 0 heterocycles. The van der Waals surface area contributed by atoms with E-state index in [-0.39, 0.29) is 5.91 Å². The number of benzene rings is 2. The number of hydrogen-bond acceptors (Lipinski definition) is 4. The van der Waals surface area contributed by atoms with Crippen LogP contribution in [0.5, 0.6) is 23.0 Å². The van der Waals surface area contributed by atoms with Crippen LogP contribution in [0.3, 0.4) is 0 Å². The zero-order chi connectivity index (χ0) is 18.6. The average Bonchev–Trinajstić information content (AvgIpc) is 2.55. The van der Waals surface area contributed by atoms with Crippen LogP contribution in [0.4, 0.5) is 5.69 Å². The van der Waals surface area contributed by atoms with E-state index >= 15 is 0 Å². The summed E-state index contributed by atoms with van der Waals surface area (Å²) in [5.74, 6) is 2.49. The molecule has 1 amide bonds. The Hall–Kier alpha value is -2.69. The van der Waals surface area contributed by atoms with Gasteiger partial charge in [0.2, 0.25) is 5.91 Å². The fraction of sp³-hybridized carbons (Fsp3) is 0.350. The van der Waals surface area contributed by atoms with Gasteiger partial charge < -0.3 is 19.5 Å². The standard InChI is InChI=1S/C20H25NO4/c1-12(2)16-8-7-15(9-13(16)3)25-18-11-20(24-6)19(23-5)10-17(18)21-14(4)22/h7-12H,1-6H3,(H,21,22). The van der Waals surface area contributed by atoms with E-state index in [1.54, 1.807) is 26.4 Å². The van der Waals surface area contributed by atoms with Gasteiger partial charge in [0, 0.05) is 19.1 Å². The normalized spacial score (nSPS) is 10.5. The lowest BCUT2D eigenvalue weighted by Crippen LogP contribution is -2.07. The minimum atomic E-state index is -0.191. The van der Waals surface area contributed by atoms with Crippen molar-refractivity contribution in [2.75, 3.05) is 19.5 Å². The molecule has 0 aromatic heterocycles. The third-order valence-electron chi connectivity index (χ3n) is 3.89. The number of ether oxygens (including phenoxy) is 3. The fourth-order valence-corrected chi connectivity index (χ4v) is 2.72. The Kier molecular flexibility index (Phi) is 5.91. The summed E-state index contributed by atoms with van der Waals surface area (Å²) in [6, 6.07) is 9.37. The molecule has 0 fully saturated rings. The number of carbonyl (C=O) groups is 1. The predicted molar refractivity (Wildman–Crippen MR) is 99.2 cm³/mol. The third-order valence-corrected chi connectivity index (χ3v) is 3.89. The largest absolute Gasteiger partial charge is 0.493 e. The van der Waals surface area contributed by atoms with Crippen molar-refractivity contribution in [2.24, 2.45) is 0 Å². The first-order chi connectivity index (χ1) is 11.8. The first kappa shape index (κ1) is 18.6. The summed E-state index contributed by atoms with van der Waals surface area (Å²) in [7, 11) is 3.10. The smallest absolute Gasteiger partial charge is 0.221 e. The van der Waals surface area contributed by atoms with Crippen LogP contribution in [0.25, 0.3) is 0 Å². The second-order valence-electron chi connectivity index (χ2n) is 6.16. The topological polar surface area (TPSA) is 56.8 Å². The maximum atomic E-state index is 11.5. The maximum absolute atomic E-state index is 11.5. The van der Waals surface area contributed by atoms with Crippen LogP contribution in [0.2, 0.25) is 0 Å². The van der Waals surface area contributed by atoms with Gasteiger partial charge in [-0.15, -0.1) is 0 Å². The maximum Gasteiger partial charge on any atom is 0.221 e. The van der Waals surface area contributed by atoms with E-state index in [9.17, 15) is 4.79 Å². The van der Waals surface area contributed by atoms with E-state index < -0.39 is 0 Å². The summed E-state index contributed by atoms with van der Waals surface area (Å²) in [5, 5.41) is 2.76. The van der Waals surface area contributed by atoms with Crippen LogP contribution in [0.1, 0.15) is 37.8 Å². The molecule has 0 bridgehead atoms. The van der Waals surface area contributed by atoms with Gasteiger partial charge in [0.05, 0.1) is 19.9 Å². The van der Waals surface area contributed by atoms with Crippen molar-refractivity contribution in [1.29, 1.82) is 0 Å². The van der Waals surface area contributed by atoms with Gasteiger partial charge in [-0.05, 0) is 36.1 Å². The van der Waals surface area contributed by atoms with E-state index in [4.69, 9.17) is 14.2 Å². The van der Waals surface area contributed by atoms with Crippen molar-refractivity contribution in [2.45, 2.75) is 33.6 Å². The van der Waals surface area contributed by atoms with Gasteiger partial charge in [-0.2, -0.15) is 0 Å². The van der Waals surface area contributed by atoms with Gasteiger partial charge in [-0.1, -0.05) is 19.9 Å². The van der Waals surface area contributed by atoms with Gasteiger partial charge in [-0.3, -0.25) is 4.79 Å². The Labute approximate surface area is 148 Å². The summed E-state index contributed by atoms with van der Waals surface area (Å²) in [6.45, 7) is 7.83. The van der Waals surface area contributed by atoms with Gasteiger partial charge in [0.1, 0.15) is 5.75 Å². The average molecular weight is 343 g/mol. The Bertz CT molecular complexity index is 769. The van der Waals surface area contributed by atoms with Crippen LogP contribution in [0.15, 0.2) is 30.3 Å². The molecule has 0 saturated carbocycles. The zero-order valence-electron chi connectivity index (χ0n) is 15.6. The molecule has 0 saturated heterocycles. The Morgan fingerprint density at radius 1 is 1.00 bits per heavy atom. The zero-order valence-corrected chi connectivity index (χ0v) is 15.6. The molecule has 0 unspecified atom stereocenters. The highest BCUT2D eigenvalue weighted by Crippen LogP contribution is 2.40. The van der Waals surface area contributed by atoms with E-state index in [0.717, 1.165) is 5.56 Å². The number of rotatable bonds is 6. The molecule has 0 aliphatic heterocycles. The van der Waals surface area contributed by atoms with Crippen molar-refractivity contribution in [3.05, 3.63) is 41.5 Å². The van der Waals surface area contributed by atoms with E-state index in [0.29, 0.717) is 34.6 Å². The molecule has 25 heavy (non-hydrogen) atoms. The number of nitrogens with one attached hydrogen (secondary N) is 1. The van der Waals surface area contributed by atoms with Gasteiger partial charge in [0.15, 0.2) is 17.2 Å². The molecule has 0 aliphatic rings. The molecule has 2 aromatic carbocycles. The minimum absolute atomic E-state index is 0.191. The predicted octanol–water partition coefficient (Wildman–Crippen LogP) is 4.89. The lowest BCUT2D eigenvalue weighted by molar-refractivity contribution is -0.114. The van der Waals surface area contributed by atoms with Crippen molar-refractivity contribution >= 4 is 11.6 Å². The third kappa shape index (κ3) is 4.44. The van der Waals surface area contributed by atoms with Gasteiger partial charge in [-0.25, -0.2) is 0 Å². The molecule has 0 radical (unpaired) electrons. The Morgan fingerprint density at radius 2 is 1.64 bits per heavy atom. The first-order valence-corrected chi connectivity index (χ1v) is 8.17. The lowest BCUT2D eigenvalue weighted by Gasteiger charge is -2.17. The minimum Gasteiger partial charge on any atom is -0.493 e. The van der Waals surface area contributed by atoms with Crippen LogP contribution in [-0.2, 0) is 4.79 Å². The van der Waals surface area contributed by atoms with E-state index in [1.807, 2.05) is 12.1 Å². The Balaban J connectivity index is 2.43. The van der Waals surface area contributed by atoms with Crippen molar-refractivity contribution in [1.82, 2.24) is 0 Å². The highest BCUT2D eigenvalue weighted by molar-refractivity contribution is 5.91. The molecule has 5 nitrogen and oxygen atoms in total. The number of methoxy groups -OCH3 is 2. The molecular formula is C20H25NO4. The first-order valence-electron chi connectivity index (χ1n) is 8.17. The number of carbonyl (C=O) groups excluding carboxylic acids is 1. The molecule has 0 aliphatic carbocycles. The summed E-state index contributed by atoms with van der Waals surface area (Å²) in [6.07, 6.45) is 0.